The monoisotopic (exact) mass is 358 g/mol. The Bertz CT molecular complexity index is 822. The summed E-state index contributed by atoms with van der Waals surface area (Å²) in [6, 6.07) is 7.50. The van der Waals surface area contributed by atoms with Crippen molar-refractivity contribution in [3.63, 3.8) is 0 Å². The van der Waals surface area contributed by atoms with E-state index in [1.165, 1.54) is 16.8 Å². The normalized spacial score (nSPS) is 15.0. The molecule has 1 N–H and O–H groups in total. The van der Waals surface area contributed by atoms with Gasteiger partial charge in [-0.05, 0) is 37.0 Å². The summed E-state index contributed by atoms with van der Waals surface area (Å²) in [6.45, 7) is 1.03. The standard InChI is InChI=1S/C17H18N4O5/c22-16(23)11-12-5-8-19(9-6-12)17(24)15-7-10-20(18-15)13-1-3-14(4-2-13)21(25)26/h1-4,7,10,12H,5-6,8-9,11H2,(H,22,23). The summed E-state index contributed by atoms with van der Waals surface area (Å²) in [4.78, 5) is 35.2. The number of carboxylic acid groups (broad SMARTS) is 1. The van der Waals surface area contributed by atoms with Gasteiger partial charge in [0, 0.05) is 37.8 Å². The minimum absolute atomic E-state index is 0.0126. The third-order valence-electron chi connectivity index (χ3n) is 4.50. The number of likely N-dealkylation sites (tertiary alicyclic amines) is 1. The Hall–Kier alpha value is -3.23. The van der Waals surface area contributed by atoms with Crippen LogP contribution in [0.2, 0.25) is 0 Å². The highest BCUT2D eigenvalue weighted by atomic mass is 16.6. The van der Waals surface area contributed by atoms with E-state index >= 15 is 0 Å². The Kier molecular flexibility index (Phi) is 4.97. The number of carbonyl (C=O) groups excluding carboxylic acids is 1. The molecule has 0 radical (unpaired) electrons. The molecule has 0 aliphatic carbocycles. The lowest BCUT2D eigenvalue weighted by Gasteiger charge is -2.30. The van der Waals surface area contributed by atoms with Gasteiger partial charge in [-0.25, -0.2) is 4.68 Å². The number of nitro groups is 1. The van der Waals surface area contributed by atoms with Crippen LogP contribution in [0, 0.1) is 16.0 Å². The number of nitro benzene ring substituents is 1. The number of rotatable bonds is 5. The molecule has 0 saturated carbocycles. The molecular formula is C17H18N4O5. The van der Waals surface area contributed by atoms with E-state index in [-0.39, 0.29) is 23.9 Å². The van der Waals surface area contributed by atoms with Gasteiger partial charge in [-0.3, -0.25) is 19.7 Å². The number of hydrogen-bond acceptors (Lipinski definition) is 5. The van der Waals surface area contributed by atoms with Gasteiger partial charge in [0.1, 0.15) is 0 Å². The maximum Gasteiger partial charge on any atom is 0.303 e. The van der Waals surface area contributed by atoms with Crippen LogP contribution in [0.15, 0.2) is 36.5 Å². The van der Waals surface area contributed by atoms with Gasteiger partial charge in [-0.15, -0.1) is 0 Å². The van der Waals surface area contributed by atoms with Crippen LogP contribution in [0.3, 0.4) is 0 Å². The molecule has 9 heteroatoms. The molecule has 1 aliphatic rings. The number of piperidine rings is 1. The van der Waals surface area contributed by atoms with Crippen molar-refractivity contribution in [1.29, 1.82) is 0 Å². The average Bonchev–Trinajstić information content (AvgIpc) is 3.11. The molecule has 1 aromatic heterocycles. The smallest absolute Gasteiger partial charge is 0.303 e. The van der Waals surface area contributed by atoms with E-state index in [4.69, 9.17) is 5.11 Å². The van der Waals surface area contributed by atoms with Gasteiger partial charge in [-0.2, -0.15) is 5.10 Å². The van der Waals surface area contributed by atoms with E-state index in [0.29, 0.717) is 37.3 Å². The van der Waals surface area contributed by atoms with Gasteiger partial charge in [-0.1, -0.05) is 0 Å². The van der Waals surface area contributed by atoms with Gasteiger partial charge >= 0.3 is 5.97 Å². The number of carboxylic acids is 1. The number of non-ortho nitro benzene ring substituents is 1. The second-order valence-corrected chi connectivity index (χ2v) is 6.25. The van der Waals surface area contributed by atoms with E-state index in [0.717, 1.165) is 0 Å². The molecule has 2 aromatic rings. The Morgan fingerprint density at radius 3 is 2.42 bits per heavy atom. The van der Waals surface area contributed by atoms with Gasteiger partial charge in [0.05, 0.1) is 10.6 Å². The number of aromatic nitrogens is 2. The van der Waals surface area contributed by atoms with Crippen molar-refractivity contribution in [2.45, 2.75) is 19.3 Å². The predicted octanol–water partition coefficient (Wildman–Crippen LogP) is 2.11. The van der Waals surface area contributed by atoms with Gasteiger partial charge in [0.2, 0.25) is 0 Å². The molecule has 0 unspecified atom stereocenters. The predicted molar refractivity (Wildman–Crippen MR) is 91.1 cm³/mol. The van der Waals surface area contributed by atoms with Gasteiger partial charge in [0.25, 0.3) is 11.6 Å². The van der Waals surface area contributed by atoms with Crippen LogP contribution >= 0.6 is 0 Å². The lowest BCUT2D eigenvalue weighted by atomic mass is 9.93. The molecule has 26 heavy (non-hydrogen) atoms. The van der Waals surface area contributed by atoms with E-state index in [1.54, 1.807) is 29.3 Å². The third kappa shape index (κ3) is 3.88. The second-order valence-electron chi connectivity index (χ2n) is 6.25. The number of aliphatic carboxylic acids is 1. The second kappa shape index (κ2) is 7.34. The van der Waals surface area contributed by atoms with E-state index in [1.807, 2.05) is 0 Å². The van der Waals surface area contributed by atoms with Crippen LogP contribution in [-0.4, -0.2) is 49.7 Å². The summed E-state index contributed by atoms with van der Waals surface area (Å²) in [7, 11) is 0. The first-order chi connectivity index (χ1) is 12.4. The first-order valence-corrected chi connectivity index (χ1v) is 8.25. The molecule has 0 atom stereocenters. The fraction of sp³-hybridized carbons (Fsp3) is 0.353. The Balaban J connectivity index is 1.65. The van der Waals surface area contributed by atoms with Crippen LogP contribution in [-0.2, 0) is 4.79 Å². The minimum Gasteiger partial charge on any atom is -0.481 e. The first kappa shape index (κ1) is 17.6. The van der Waals surface area contributed by atoms with Crippen LogP contribution < -0.4 is 0 Å². The Morgan fingerprint density at radius 1 is 1.19 bits per heavy atom. The van der Waals surface area contributed by atoms with E-state index in [9.17, 15) is 19.7 Å². The zero-order valence-electron chi connectivity index (χ0n) is 13.9. The third-order valence-corrected chi connectivity index (χ3v) is 4.50. The molecule has 136 valence electrons. The Labute approximate surface area is 149 Å². The number of benzene rings is 1. The van der Waals surface area contributed by atoms with Gasteiger partial charge < -0.3 is 10.0 Å². The lowest BCUT2D eigenvalue weighted by Crippen LogP contribution is -2.39. The van der Waals surface area contributed by atoms with Crippen molar-refractivity contribution in [3.8, 4) is 5.69 Å². The topological polar surface area (TPSA) is 119 Å². The molecule has 0 spiro atoms. The highest BCUT2D eigenvalue weighted by Crippen LogP contribution is 2.22. The van der Waals surface area contributed by atoms with Crippen LogP contribution in [0.25, 0.3) is 5.69 Å². The zero-order chi connectivity index (χ0) is 18.7. The molecule has 1 aliphatic heterocycles. The largest absolute Gasteiger partial charge is 0.481 e. The number of hydrogen-bond donors (Lipinski definition) is 1. The minimum atomic E-state index is -0.809. The number of carbonyl (C=O) groups is 2. The van der Waals surface area contributed by atoms with Crippen molar-refractivity contribution < 1.29 is 19.6 Å². The maximum atomic E-state index is 12.6. The fourth-order valence-electron chi connectivity index (χ4n) is 3.06. The summed E-state index contributed by atoms with van der Waals surface area (Å²) in [5.41, 5.74) is 0.899. The lowest BCUT2D eigenvalue weighted by molar-refractivity contribution is -0.384. The molecule has 9 nitrogen and oxygen atoms in total. The summed E-state index contributed by atoms with van der Waals surface area (Å²) < 4.78 is 1.49. The molecule has 3 rings (SSSR count). The van der Waals surface area contributed by atoms with Crippen molar-refractivity contribution in [1.82, 2.24) is 14.7 Å². The van der Waals surface area contributed by atoms with E-state index < -0.39 is 10.9 Å². The van der Waals surface area contributed by atoms with Gasteiger partial charge in [0.15, 0.2) is 5.69 Å². The van der Waals surface area contributed by atoms with Crippen LogP contribution in [0.4, 0.5) is 5.69 Å². The van der Waals surface area contributed by atoms with Crippen molar-refractivity contribution in [2.75, 3.05) is 13.1 Å². The molecule has 1 aromatic carbocycles. The van der Waals surface area contributed by atoms with Crippen LogP contribution in [0.5, 0.6) is 0 Å². The van der Waals surface area contributed by atoms with Crippen molar-refractivity contribution in [2.24, 2.45) is 5.92 Å². The quantitative estimate of drug-likeness (QED) is 0.646. The highest BCUT2D eigenvalue weighted by Gasteiger charge is 2.26. The summed E-state index contributed by atoms with van der Waals surface area (Å²) in [6.07, 6.45) is 3.10. The fourth-order valence-corrected chi connectivity index (χ4v) is 3.06. The molecule has 1 amide bonds. The molecular weight excluding hydrogens is 340 g/mol. The first-order valence-electron chi connectivity index (χ1n) is 8.25. The number of amides is 1. The molecule has 1 fully saturated rings. The summed E-state index contributed by atoms with van der Waals surface area (Å²) in [5.74, 6) is -0.898. The van der Waals surface area contributed by atoms with E-state index in [2.05, 4.69) is 5.10 Å². The van der Waals surface area contributed by atoms with Crippen molar-refractivity contribution >= 4 is 17.6 Å². The molecule has 2 heterocycles. The summed E-state index contributed by atoms with van der Waals surface area (Å²) >= 11 is 0. The zero-order valence-corrected chi connectivity index (χ0v) is 13.9. The van der Waals surface area contributed by atoms with Crippen molar-refractivity contribution in [3.05, 3.63) is 52.3 Å². The SMILES string of the molecule is O=C(O)CC1CCN(C(=O)c2ccn(-c3ccc([N+](=O)[O-])cc3)n2)CC1. The maximum absolute atomic E-state index is 12.6. The van der Waals surface area contributed by atoms with Crippen LogP contribution in [0.1, 0.15) is 29.8 Å². The summed E-state index contributed by atoms with van der Waals surface area (Å²) in [5, 5.41) is 23.8. The Morgan fingerprint density at radius 2 is 1.85 bits per heavy atom. The molecule has 0 bridgehead atoms. The highest BCUT2D eigenvalue weighted by molar-refractivity contribution is 5.92. The molecule has 1 saturated heterocycles. The number of nitrogens with zero attached hydrogens (tertiary/aromatic N) is 4. The average molecular weight is 358 g/mol.